The van der Waals surface area contributed by atoms with E-state index in [0.717, 1.165) is 0 Å². The highest BCUT2D eigenvalue weighted by Crippen LogP contribution is 2.28. The molecule has 0 amide bonds. The molecule has 8 atom stereocenters. The lowest BCUT2D eigenvalue weighted by Crippen LogP contribution is -2.46. The van der Waals surface area contributed by atoms with E-state index in [4.69, 9.17) is 46.0 Å². The van der Waals surface area contributed by atoms with E-state index in [9.17, 15) is 9.90 Å². The first-order valence-electron chi connectivity index (χ1n) is 6.86. The van der Waals surface area contributed by atoms with Crippen molar-refractivity contribution in [1.82, 2.24) is 0 Å². The zero-order valence-corrected chi connectivity index (χ0v) is 12.5. The second kappa shape index (κ2) is 10.3. The first-order valence-corrected chi connectivity index (χ1v) is 6.86. The number of carbonyl (C=O) groups is 1. The molecule has 0 saturated carbocycles. The van der Waals surface area contributed by atoms with Crippen molar-refractivity contribution in [2.24, 2.45) is 0 Å². The van der Waals surface area contributed by atoms with Crippen molar-refractivity contribution in [3.8, 4) is 0 Å². The molecule has 0 radical (unpaired) electrons. The summed E-state index contributed by atoms with van der Waals surface area (Å²) in [5.41, 5.74) is 0. The van der Waals surface area contributed by atoms with Crippen LogP contribution in [-0.4, -0.2) is 126 Å². The summed E-state index contributed by atoms with van der Waals surface area (Å²) in [4.78, 5) is 9.90. The van der Waals surface area contributed by atoms with Crippen molar-refractivity contribution < 1.29 is 60.6 Å². The van der Waals surface area contributed by atoms with Gasteiger partial charge in [-0.2, -0.15) is 0 Å². The molecule has 1 aliphatic rings. The molecule has 1 rings (SSSR count). The van der Waals surface area contributed by atoms with Crippen molar-refractivity contribution >= 4 is 6.29 Å². The number of aliphatic hydroxyl groups excluding tert-OH is 9. The maximum atomic E-state index is 9.90. The summed E-state index contributed by atoms with van der Waals surface area (Å²) in [6, 6.07) is 0. The molecule has 144 valence electrons. The van der Waals surface area contributed by atoms with Crippen LogP contribution in [0.15, 0.2) is 0 Å². The van der Waals surface area contributed by atoms with E-state index < -0.39 is 68.3 Å². The summed E-state index contributed by atoms with van der Waals surface area (Å²) < 4.78 is 4.63. The van der Waals surface area contributed by atoms with E-state index in [1.54, 1.807) is 0 Å². The summed E-state index contributed by atoms with van der Waals surface area (Å²) in [6.07, 6.45) is -10.9. The van der Waals surface area contributed by atoms with E-state index in [0.29, 0.717) is 0 Å². The van der Waals surface area contributed by atoms with Crippen molar-refractivity contribution in [3.63, 3.8) is 0 Å². The van der Waals surface area contributed by atoms with Crippen LogP contribution >= 0.6 is 0 Å². The molecule has 0 unspecified atom stereocenters. The molecule has 0 aromatic heterocycles. The van der Waals surface area contributed by atoms with Crippen LogP contribution in [0.3, 0.4) is 0 Å². The Kier molecular flexibility index (Phi) is 9.94. The Bertz CT molecular complexity index is 368. The zero-order valence-electron chi connectivity index (χ0n) is 12.5. The van der Waals surface area contributed by atoms with Gasteiger partial charge in [-0.15, -0.1) is 0 Å². The molecule has 0 aromatic rings. The summed E-state index contributed by atoms with van der Waals surface area (Å²) in [7, 11) is 0. The summed E-state index contributed by atoms with van der Waals surface area (Å²) in [6.45, 7) is -2.12. The molecule has 1 aliphatic heterocycles. The molecular weight excluding hydrogens is 336 g/mol. The van der Waals surface area contributed by atoms with Gasteiger partial charge in [0.15, 0.2) is 6.29 Å². The Morgan fingerprint density at radius 1 is 1.04 bits per heavy atom. The quantitative estimate of drug-likeness (QED) is 0.191. The standard InChI is InChI=1S/2C6H12O6/c7-1-3-4(9)5(10)6(11,2-8)12-3;7-1-3(9)5(11)6(12)4(10)2-8/h3-5,7-11H,1-2H2;1,3-6,8-12H,2H2/t3-,4-,5+,6-;3-,4+,5+,6-/m10/s1. The van der Waals surface area contributed by atoms with Gasteiger partial charge in [0.25, 0.3) is 0 Å². The third-order valence-corrected chi connectivity index (χ3v) is 3.35. The highest BCUT2D eigenvalue weighted by atomic mass is 16.7. The molecule has 1 fully saturated rings. The van der Waals surface area contributed by atoms with Crippen LogP contribution in [0.1, 0.15) is 0 Å². The SMILES string of the molecule is O=C[C@H](O)[C@@H](O)[C@@H](O)[C@H](O)CO.OC[C@H]1O[C@](O)(CO)[C@@H](O)[C@@H]1O. The predicted octanol–water partition coefficient (Wildman–Crippen LogP) is -6.60. The van der Waals surface area contributed by atoms with Gasteiger partial charge in [0, 0.05) is 0 Å². The largest absolute Gasteiger partial charge is 0.394 e. The molecule has 1 heterocycles. The highest BCUT2D eigenvalue weighted by molar-refractivity contribution is 5.56. The monoisotopic (exact) mass is 360 g/mol. The second-order valence-electron chi connectivity index (χ2n) is 5.14. The van der Waals surface area contributed by atoms with Crippen molar-refractivity contribution in [1.29, 1.82) is 0 Å². The molecule has 1 saturated heterocycles. The van der Waals surface area contributed by atoms with Crippen LogP contribution in [0, 0.1) is 0 Å². The predicted molar refractivity (Wildman–Crippen MR) is 73.2 cm³/mol. The molecular formula is C12H24O12. The van der Waals surface area contributed by atoms with E-state index in [2.05, 4.69) is 4.74 Å². The van der Waals surface area contributed by atoms with Gasteiger partial charge in [-0.25, -0.2) is 0 Å². The topological polar surface area (TPSA) is 229 Å². The lowest BCUT2D eigenvalue weighted by atomic mass is 10.0. The fraction of sp³-hybridized carbons (Fsp3) is 0.917. The number of aldehydes is 1. The molecule has 24 heavy (non-hydrogen) atoms. The summed E-state index contributed by atoms with van der Waals surface area (Å²) >= 11 is 0. The number of carbonyl (C=O) groups excluding carboxylic acids is 1. The Hall–Kier alpha value is -0.770. The Morgan fingerprint density at radius 2 is 1.58 bits per heavy atom. The Labute approximate surface area is 136 Å². The average molecular weight is 360 g/mol. The van der Waals surface area contributed by atoms with Gasteiger partial charge < -0.3 is 60.6 Å². The third-order valence-electron chi connectivity index (χ3n) is 3.35. The number of rotatable bonds is 7. The van der Waals surface area contributed by atoms with E-state index >= 15 is 0 Å². The highest BCUT2D eigenvalue weighted by Gasteiger charge is 2.52. The first kappa shape index (κ1) is 23.2. The molecule has 10 N–H and O–H groups in total. The number of hydrogen-bond donors (Lipinski definition) is 10. The van der Waals surface area contributed by atoms with Crippen LogP contribution < -0.4 is 0 Å². The Morgan fingerprint density at radius 3 is 1.88 bits per heavy atom. The molecule has 12 heteroatoms. The summed E-state index contributed by atoms with van der Waals surface area (Å²) in [5, 5.41) is 88.2. The van der Waals surface area contributed by atoms with Gasteiger partial charge in [-0.1, -0.05) is 0 Å². The smallest absolute Gasteiger partial charge is 0.219 e. The first-order chi connectivity index (χ1) is 11.1. The summed E-state index contributed by atoms with van der Waals surface area (Å²) in [5.74, 6) is -2.16. The molecule has 0 spiro atoms. The van der Waals surface area contributed by atoms with Gasteiger partial charge in [0.1, 0.15) is 42.7 Å². The number of hydrogen-bond acceptors (Lipinski definition) is 12. The fourth-order valence-corrected chi connectivity index (χ4v) is 1.77. The van der Waals surface area contributed by atoms with Gasteiger partial charge in [-0.3, -0.25) is 0 Å². The molecule has 0 aromatic carbocycles. The van der Waals surface area contributed by atoms with Crippen molar-refractivity contribution in [2.75, 3.05) is 19.8 Å². The maximum absolute atomic E-state index is 9.90. The lowest BCUT2D eigenvalue weighted by molar-refractivity contribution is -0.248. The fourth-order valence-electron chi connectivity index (χ4n) is 1.77. The van der Waals surface area contributed by atoms with Crippen LogP contribution in [0.4, 0.5) is 0 Å². The van der Waals surface area contributed by atoms with E-state index in [1.807, 2.05) is 0 Å². The molecule has 12 nitrogen and oxygen atoms in total. The van der Waals surface area contributed by atoms with E-state index in [-0.39, 0.29) is 6.29 Å². The van der Waals surface area contributed by atoms with Crippen LogP contribution in [0.25, 0.3) is 0 Å². The zero-order chi connectivity index (χ0) is 19.1. The van der Waals surface area contributed by atoms with Crippen LogP contribution in [0.2, 0.25) is 0 Å². The maximum Gasteiger partial charge on any atom is 0.219 e. The molecule has 0 bridgehead atoms. The minimum atomic E-state index is -2.16. The van der Waals surface area contributed by atoms with E-state index in [1.165, 1.54) is 0 Å². The van der Waals surface area contributed by atoms with Crippen molar-refractivity contribution in [2.45, 2.75) is 48.5 Å². The average Bonchev–Trinajstić information content (AvgIpc) is 2.83. The van der Waals surface area contributed by atoms with Crippen LogP contribution in [-0.2, 0) is 9.53 Å². The van der Waals surface area contributed by atoms with Crippen molar-refractivity contribution in [3.05, 3.63) is 0 Å². The second-order valence-corrected chi connectivity index (χ2v) is 5.14. The number of aliphatic hydroxyl groups is 10. The van der Waals surface area contributed by atoms with Gasteiger partial charge in [0.2, 0.25) is 5.79 Å². The minimum Gasteiger partial charge on any atom is -0.394 e. The normalized spacial score (nSPS) is 34.7. The van der Waals surface area contributed by atoms with Crippen LogP contribution in [0.5, 0.6) is 0 Å². The van der Waals surface area contributed by atoms with Gasteiger partial charge >= 0.3 is 0 Å². The number of ether oxygens (including phenoxy) is 1. The third kappa shape index (κ3) is 5.65. The van der Waals surface area contributed by atoms with Gasteiger partial charge in [0.05, 0.1) is 19.8 Å². The molecule has 0 aliphatic carbocycles. The van der Waals surface area contributed by atoms with Gasteiger partial charge in [-0.05, 0) is 0 Å². The minimum absolute atomic E-state index is 0.0258. The Balaban J connectivity index is 0.000000441. The lowest BCUT2D eigenvalue weighted by Gasteiger charge is -2.22.